The van der Waals surface area contributed by atoms with E-state index in [0.717, 1.165) is 37.9 Å². The van der Waals surface area contributed by atoms with E-state index in [9.17, 15) is 39.8 Å². The summed E-state index contributed by atoms with van der Waals surface area (Å²) >= 11 is 0. The van der Waals surface area contributed by atoms with Crippen LogP contribution in [0.3, 0.4) is 0 Å². The molecule has 0 radical (unpaired) electrons. The van der Waals surface area contributed by atoms with Crippen LogP contribution in [0.5, 0.6) is 0 Å². The van der Waals surface area contributed by atoms with Crippen LogP contribution >= 0.6 is 0 Å². The number of rotatable bonds is 5. The minimum atomic E-state index is -3.22. The third-order valence-electron chi connectivity index (χ3n) is 5.43. The second kappa shape index (κ2) is 6.64. The molecule has 158 valence electrons. The Kier molecular flexibility index (Phi) is 4.75. The van der Waals surface area contributed by atoms with E-state index in [2.05, 4.69) is 9.97 Å². The molecular formula is C18H18N4O8. The molecule has 1 unspecified atom stereocenters. The maximum Gasteiger partial charge on any atom is 0.261 e. The summed E-state index contributed by atoms with van der Waals surface area (Å²) in [6.45, 7) is 1.75. The first-order valence-electron chi connectivity index (χ1n) is 8.72. The maximum absolute atomic E-state index is 13.2. The van der Waals surface area contributed by atoms with Gasteiger partial charge in [-0.1, -0.05) is 0 Å². The van der Waals surface area contributed by atoms with Gasteiger partial charge in [0.05, 0.1) is 18.5 Å². The molecule has 0 spiro atoms. The van der Waals surface area contributed by atoms with Gasteiger partial charge in [0.25, 0.3) is 5.56 Å². The van der Waals surface area contributed by atoms with E-state index < -0.39 is 52.5 Å². The molecule has 1 fully saturated rings. The van der Waals surface area contributed by atoms with Crippen molar-refractivity contribution in [3.63, 3.8) is 0 Å². The van der Waals surface area contributed by atoms with Gasteiger partial charge in [0.15, 0.2) is 22.8 Å². The molecule has 1 aliphatic rings. The first-order valence-corrected chi connectivity index (χ1v) is 8.72. The number of carbonyl (C=O) groups excluding carboxylic acids is 3. The van der Waals surface area contributed by atoms with Crippen LogP contribution in [0, 0.1) is 11.3 Å². The van der Waals surface area contributed by atoms with Gasteiger partial charge in [0.1, 0.15) is 17.6 Å². The summed E-state index contributed by atoms with van der Waals surface area (Å²) < 4.78 is 6.19. The van der Waals surface area contributed by atoms with Crippen molar-refractivity contribution in [1.82, 2.24) is 14.5 Å². The van der Waals surface area contributed by atoms with Crippen molar-refractivity contribution in [1.29, 1.82) is 5.26 Å². The van der Waals surface area contributed by atoms with Crippen LogP contribution in [0.4, 0.5) is 0 Å². The maximum atomic E-state index is 13.2. The van der Waals surface area contributed by atoms with Crippen LogP contribution < -0.4 is 5.56 Å². The molecule has 1 saturated heterocycles. The predicted octanol–water partition coefficient (Wildman–Crippen LogP) is -2.13. The van der Waals surface area contributed by atoms with Gasteiger partial charge in [0, 0.05) is 6.20 Å². The van der Waals surface area contributed by atoms with Crippen molar-refractivity contribution in [2.45, 2.75) is 43.8 Å². The molecule has 0 saturated carbocycles. The van der Waals surface area contributed by atoms with E-state index in [-0.39, 0.29) is 16.6 Å². The molecule has 0 amide bonds. The normalized spacial score (nSPS) is 29.5. The number of aromatic amines is 1. The Labute approximate surface area is 168 Å². The number of nitrogens with zero attached hydrogens (tertiary/aromatic N) is 3. The Balaban J connectivity index is 2.56. The van der Waals surface area contributed by atoms with Crippen molar-refractivity contribution >= 4 is 28.4 Å². The molecule has 0 aromatic carbocycles. The lowest BCUT2D eigenvalue weighted by molar-refractivity contribution is -0.210. The summed E-state index contributed by atoms with van der Waals surface area (Å²) in [7, 11) is 0. The highest BCUT2D eigenvalue weighted by molar-refractivity contribution is 6.06. The number of nitriles is 1. The number of ether oxygens (including phenoxy) is 1. The van der Waals surface area contributed by atoms with E-state index in [1.807, 2.05) is 0 Å². The van der Waals surface area contributed by atoms with Gasteiger partial charge in [-0.25, -0.2) is 4.98 Å². The van der Waals surface area contributed by atoms with Crippen molar-refractivity contribution in [3.8, 4) is 6.07 Å². The minimum absolute atomic E-state index is 0.287. The molecule has 30 heavy (non-hydrogen) atoms. The Morgan fingerprint density at radius 2 is 1.97 bits per heavy atom. The van der Waals surface area contributed by atoms with Crippen molar-refractivity contribution < 1.29 is 34.4 Å². The highest BCUT2D eigenvalue weighted by atomic mass is 16.6. The number of aromatic nitrogens is 3. The van der Waals surface area contributed by atoms with E-state index >= 15 is 0 Å². The van der Waals surface area contributed by atoms with Gasteiger partial charge >= 0.3 is 0 Å². The molecule has 1 aliphatic heterocycles. The highest BCUT2D eigenvalue weighted by Crippen LogP contribution is 2.49. The van der Waals surface area contributed by atoms with Crippen LogP contribution in [0.15, 0.2) is 17.3 Å². The fourth-order valence-electron chi connectivity index (χ4n) is 3.87. The molecule has 2 aromatic heterocycles. The molecule has 0 aliphatic carbocycles. The summed E-state index contributed by atoms with van der Waals surface area (Å²) in [5.41, 5.74) is -10.4. The standard InChI is InChI=1S/C18H18N4O8/c1-8(23)13(26)18(17(29,10(3)25)16(28,6-30-18)9(2)24)22-5-11(4-19)12-14(22)20-7-21-15(12)27/h5,7-8,23,28-29H,6H2,1-3H3,(H,20,21,27)/t8?,16-,17+,18+/m1/s1. The number of aliphatic hydroxyl groups is 3. The number of H-pyrrole nitrogens is 1. The molecule has 4 atom stereocenters. The van der Waals surface area contributed by atoms with Gasteiger partial charge in [-0.15, -0.1) is 0 Å². The number of nitrogens with one attached hydrogen (secondary N) is 1. The number of Topliss-reactive ketones (excluding diaryl/α,β-unsaturated/α-hetero) is 3. The van der Waals surface area contributed by atoms with Crippen LogP contribution in [0.2, 0.25) is 0 Å². The Bertz CT molecular complexity index is 1190. The lowest BCUT2D eigenvalue weighted by Crippen LogP contribution is -2.72. The van der Waals surface area contributed by atoms with E-state index in [1.54, 1.807) is 6.07 Å². The molecule has 4 N–H and O–H groups in total. The molecule has 2 aromatic rings. The second-order valence-electron chi connectivity index (χ2n) is 7.11. The van der Waals surface area contributed by atoms with E-state index in [4.69, 9.17) is 4.74 Å². The van der Waals surface area contributed by atoms with Crippen molar-refractivity contribution in [2.75, 3.05) is 6.61 Å². The highest BCUT2D eigenvalue weighted by Gasteiger charge is 2.78. The van der Waals surface area contributed by atoms with Crippen LogP contribution in [-0.2, 0) is 24.8 Å². The number of hydrogen-bond donors (Lipinski definition) is 4. The van der Waals surface area contributed by atoms with Gasteiger partial charge in [0.2, 0.25) is 17.1 Å². The summed E-state index contributed by atoms with van der Waals surface area (Å²) in [6, 6.07) is 1.73. The SMILES string of the molecule is CC(=O)[C@]1(O)[C@](O)(C(C)=O)CO[C@]1(C(=O)C(C)O)n1cc(C#N)c2c(=O)[nH]cnc21. The third kappa shape index (κ3) is 2.31. The van der Waals surface area contributed by atoms with E-state index in [0.29, 0.717) is 0 Å². The minimum Gasteiger partial charge on any atom is -0.385 e. The molecule has 3 heterocycles. The van der Waals surface area contributed by atoms with Gasteiger partial charge < -0.3 is 25.0 Å². The quantitative estimate of drug-likeness (QED) is 0.416. The summed E-state index contributed by atoms with van der Waals surface area (Å²) in [5.74, 6) is -3.61. The van der Waals surface area contributed by atoms with Gasteiger partial charge in [-0.05, 0) is 20.8 Å². The average Bonchev–Trinajstić information content (AvgIpc) is 3.18. The lowest BCUT2D eigenvalue weighted by atomic mass is 9.71. The third-order valence-corrected chi connectivity index (χ3v) is 5.43. The second-order valence-corrected chi connectivity index (χ2v) is 7.11. The zero-order chi connectivity index (χ0) is 22.6. The summed E-state index contributed by atoms with van der Waals surface area (Å²) in [5, 5.41) is 41.6. The Hall–Kier alpha value is -3.24. The number of hydrogen-bond acceptors (Lipinski definition) is 10. The van der Waals surface area contributed by atoms with Crippen LogP contribution in [0.1, 0.15) is 26.3 Å². The smallest absolute Gasteiger partial charge is 0.261 e. The van der Waals surface area contributed by atoms with E-state index in [1.165, 1.54) is 0 Å². The van der Waals surface area contributed by atoms with Crippen LogP contribution in [-0.4, -0.2) is 71.1 Å². The monoisotopic (exact) mass is 418 g/mol. The Morgan fingerprint density at radius 3 is 2.47 bits per heavy atom. The Morgan fingerprint density at radius 1 is 1.33 bits per heavy atom. The fraction of sp³-hybridized carbons (Fsp3) is 0.444. The van der Waals surface area contributed by atoms with Gasteiger partial charge in [-0.3, -0.25) is 23.7 Å². The predicted molar refractivity (Wildman–Crippen MR) is 96.9 cm³/mol. The molecule has 3 rings (SSSR count). The molecule has 0 bridgehead atoms. The zero-order valence-electron chi connectivity index (χ0n) is 16.2. The largest absolute Gasteiger partial charge is 0.385 e. The average molecular weight is 418 g/mol. The summed E-state index contributed by atoms with van der Waals surface area (Å²) in [4.78, 5) is 56.5. The number of aliphatic hydroxyl groups excluding tert-OH is 1. The number of carbonyl (C=O) groups is 3. The van der Waals surface area contributed by atoms with Crippen molar-refractivity contribution in [2.24, 2.45) is 0 Å². The molecule has 12 heteroatoms. The zero-order valence-corrected chi connectivity index (χ0v) is 16.2. The number of ketones is 3. The van der Waals surface area contributed by atoms with Crippen molar-refractivity contribution in [3.05, 3.63) is 28.4 Å². The molecular weight excluding hydrogens is 400 g/mol. The topological polar surface area (TPSA) is 196 Å². The first kappa shape index (κ1) is 21.5. The lowest BCUT2D eigenvalue weighted by Gasteiger charge is -2.43. The number of fused-ring (bicyclic) bond motifs is 1. The fourth-order valence-corrected chi connectivity index (χ4v) is 3.87. The van der Waals surface area contributed by atoms with Gasteiger partial charge in [-0.2, -0.15) is 5.26 Å². The summed E-state index contributed by atoms with van der Waals surface area (Å²) in [6.07, 6.45) is 0.0181. The molecule has 12 nitrogen and oxygen atoms in total. The first-order chi connectivity index (χ1) is 13.9. The van der Waals surface area contributed by atoms with Crippen LogP contribution in [0.25, 0.3) is 11.0 Å².